The van der Waals surface area contributed by atoms with Crippen molar-refractivity contribution in [3.63, 3.8) is 0 Å². The third-order valence-corrected chi connectivity index (χ3v) is 3.02. The molecule has 0 radical (unpaired) electrons. The maximum atomic E-state index is 14.0. The third-order valence-electron chi connectivity index (χ3n) is 3.02. The van der Waals surface area contributed by atoms with Gasteiger partial charge in [-0.15, -0.1) is 0 Å². The summed E-state index contributed by atoms with van der Waals surface area (Å²) in [7, 11) is 0. The Balaban J connectivity index is 2.57. The number of carboxylic acid groups (broad SMARTS) is 1. The second-order valence-electron chi connectivity index (χ2n) is 4.83. The highest BCUT2D eigenvalue weighted by atomic mass is 19.1. The molecule has 18 heavy (non-hydrogen) atoms. The molecule has 98 valence electrons. The van der Waals surface area contributed by atoms with Gasteiger partial charge < -0.3 is 14.6 Å². The Morgan fingerprint density at radius 1 is 1.44 bits per heavy atom. The van der Waals surface area contributed by atoms with Gasteiger partial charge in [0.2, 0.25) is 6.79 Å². The third kappa shape index (κ3) is 2.12. The van der Waals surface area contributed by atoms with Crippen LogP contribution in [0.25, 0.3) is 0 Å². The van der Waals surface area contributed by atoms with Crippen molar-refractivity contribution in [2.45, 2.75) is 32.4 Å². The lowest BCUT2D eigenvalue weighted by Gasteiger charge is -2.18. The Hall–Kier alpha value is -1.78. The summed E-state index contributed by atoms with van der Waals surface area (Å²) >= 11 is 0. The molecule has 1 aliphatic heterocycles. The van der Waals surface area contributed by atoms with E-state index in [0.717, 1.165) is 0 Å². The smallest absolute Gasteiger partial charge is 0.310 e. The number of rotatable bonds is 3. The van der Waals surface area contributed by atoms with Crippen molar-refractivity contribution >= 4 is 5.97 Å². The van der Waals surface area contributed by atoms with E-state index in [9.17, 15) is 9.18 Å². The second kappa shape index (κ2) is 4.15. The summed E-state index contributed by atoms with van der Waals surface area (Å²) in [5.74, 6) is -0.955. The number of alkyl halides is 1. The zero-order chi connectivity index (χ0) is 13.5. The van der Waals surface area contributed by atoms with Gasteiger partial charge in [0.1, 0.15) is 5.67 Å². The van der Waals surface area contributed by atoms with Crippen LogP contribution >= 0.6 is 0 Å². The molecular weight excluding hydrogens is 239 g/mol. The topological polar surface area (TPSA) is 55.8 Å². The summed E-state index contributed by atoms with van der Waals surface area (Å²) in [4.78, 5) is 11.1. The zero-order valence-corrected chi connectivity index (χ0v) is 10.5. The number of aliphatic carboxylic acids is 1. The fourth-order valence-electron chi connectivity index (χ4n) is 1.84. The molecule has 1 N–H and O–H groups in total. The number of halogens is 1. The highest BCUT2D eigenvalue weighted by Crippen LogP contribution is 2.43. The monoisotopic (exact) mass is 254 g/mol. The lowest BCUT2D eigenvalue weighted by molar-refractivity contribution is -0.138. The first-order valence-corrected chi connectivity index (χ1v) is 5.66. The molecule has 1 atom stereocenters. The molecule has 4 nitrogen and oxygen atoms in total. The summed E-state index contributed by atoms with van der Waals surface area (Å²) in [5, 5.41) is 9.07. The van der Waals surface area contributed by atoms with E-state index in [2.05, 4.69) is 0 Å². The minimum absolute atomic E-state index is 0.0326. The average Bonchev–Trinajstić information content (AvgIpc) is 2.73. The number of hydrogen-bond donors (Lipinski definition) is 1. The van der Waals surface area contributed by atoms with E-state index in [1.807, 2.05) is 0 Å². The van der Waals surface area contributed by atoms with Crippen molar-refractivity contribution in [2.75, 3.05) is 6.79 Å². The number of hydrogen-bond acceptors (Lipinski definition) is 3. The predicted molar refractivity (Wildman–Crippen MR) is 62.7 cm³/mol. The number of carboxylic acids is 1. The molecule has 1 heterocycles. The van der Waals surface area contributed by atoms with Crippen LogP contribution in [-0.4, -0.2) is 17.9 Å². The number of ether oxygens (including phenoxy) is 2. The van der Waals surface area contributed by atoms with Gasteiger partial charge in [-0.1, -0.05) is 0 Å². The summed E-state index contributed by atoms with van der Waals surface area (Å²) in [6.07, 6.45) is 0. The summed E-state index contributed by atoms with van der Waals surface area (Å²) in [6.45, 7) is 4.40. The Bertz CT molecular complexity index is 490. The highest BCUT2D eigenvalue weighted by molar-refractivity contribution is 5.77. The van der Waals surface area contributed by atoms with E-state index in [0.29, 0.717) is 22.6 Å². The van der Waals surface area contributed by atoms with Gasteiger partial charge in [0, 0.05) is 5.56 Å². The van der Waals surface area contributed by atoms with E-state index in [-0.39, 0.29) is 6.79 Å². The Morgan fingerprint density at radius 2 is 2.11 bits per heavy atom. The summed E-state index contributed by atoms with van der Waals surface area (Å²) < 4.78 is 24.5. The zero-order valence-electron chi connectivity index (χ0n) is 10.5. The molecule has 0 bridgehead atoms. The van der Waals surface area contributed by atoms with Gasteiger partial charge in [0.05, 0.1) is 5.92 Å². The SMILES string of the molecule is CC(C(=O)O)c1cc(C(C)(C)F)cc2c1OCO2. The predicted octanol–water partition coefficient (Wildman–Crippen LogP) is 2.81. The minimum Gasteiger partial charge on any atom is -0.481 e. The van der Waals surface area contributed by atoms with Crippen LogP contribution in [0.5, 0.6) is 11.5 Å². The van der Waals surface area contributed by atoms with Crippen molar-refractivity contribution in [2.24, 2.45) is 0 Å². The number of benzene rings is 1. The fourth-order valence-corrected chi connectivity index (χ4v) is 1.84. The van der Waals surface area contributed by atoms with Crippen molar-refractivity contribution < 1.29 is 23.8 Å². The van der Waals surface area contributed by atoms with E-state index < -0.39 is 17.6 Å². The normalized spacial score (nSPS) is 15.6. The van der Waals surface area contributed by atoms with Crippen molar-refractivity contribution in [1.82, 2.24) is 0 Å². The average molecular weight is 254 g/mol. The van der Waals surface area contributed by atoms with Crippen LogP contribution in [0.2, 0.25) is 0 Å². The van der Waals surface area contributed by atoms with Crippen molar-refractivity contribution in [3.05, 3.63) is 23.3 Å². The van der Waals surface area contributed by atoms with Crippen LogP contribution in [0.3, 0.4) is 0 Å². The molecule has 0 aliphatic carbocycles. The lowest BCUT2D eigenvalue weighted by Crippen LogP contribution is -2.13. The van der Waals surface area contributed by atoms with Gasteiger partial charge in [-0.25, -0.2) is 4.39 Å². The molecule has 1 unspecified atom stereocenters. The van der Waals surface area contributed by atoms with Crippen LogP contribution in [0.4, 0.5) is 4.39 Å². The maximum absolute atomic E-state index is 14.0. The fraction of sp³-hybridized carbons (Fsp3) is 0.462. The van der Waals surface area contributed by atoms with Crippen LogP contribution in [0.15, 0.2) is 12.1 Å². The molecule has 0 amide bonds. The lowest BCUT2D eigenvalue weighted by atomic mass is 9.92. The first-order chi connectivity index (χ1) is 8.30. The molecule has 2 rings (SSSR count). The van der Waals surface area contributed by atoms with Gasteiger partial charge in [-0.05, 0) is 38.5 Å². The van der Waals surface area contributed by atoms with Crippen molar-refractivity contribution in [1.29, 1.82) is 0 Å². The quantitative estimate of drug-likeness (QED) is 0.901. The first-order valence-electron chi connectivity index (χ1n) is 5.66. The van der Waals surface area contributed by atoms with Crippen molar-refractivity contribution in [3.8, 4) is 11.5 Å². The molecule has 1 aromatic rings. The Labute approximate surface area is 104 Å². The molecule has 1 aliphatic rings. The van der Waals surface area contributed by atoms with Gasteiger partial charge in [-0.3, -0.25) is 4.79 Å². The molecular formula is C13H15FO4. The second-order valence-corrected chi connectivity index (χ2v) is 4.83. The van der Waals surface area contributed by atoms with Crippen LogP contribution in [0, 0.1) is 0 Å². The Kier molecular flexibility index (Phi) is 2.92. The molecule has 1 aromatic carbocycles. The molecule has 0 saturated carbocycles. The molecule has 0 aromatic heterocycles. The van der Waals surface area contributed by atoms with E-state index in [1.54, 1.807) is 6.07 Å². The molecule has 0 spiro atoms. The summed E-state index contributed by atoms with van der Waals surface area (Å²) in [6, 6.07) is 3.09. The number of fused-ring (bicyclic) bond motifs is 1. The number of carbonyl (C=O) groups is 1. The minimum atomic E-state index is -1.56. The van der Waals surface area contributed by atoms with Crippen LogP contribution < -0.4 is 9.47 Å². The van der Waals surface area contributed by atoms with Crippen LogP contribution in [-0.2, 0) is 10.5 Å². The van der Waals surface area contributed by atoms with Gasteiger partial charge >= 0.3 is 5.97 Å². The van der Waals surface area contributed by atoms with Gasteiger partial charge in [0.15, 0.2) is 11.5 Å². The standard InChI is InChI=1S/C13H15FO4/c1-7(12(15)16)9-4-8(13(2,3)14)5-10-11(9)18-6-17-10/h4-5,7H,6H2,1-3H3,(H,15,16). The van der Waals surface area contributed by atoms with E-state index in [1.165, 1.54) is 26.8 Å². The molecule has 0 saturated heterocycles. The van der Waals surface area contributed by atoms with Gasteiger partial charge in [-0.2, -0.15) is 0 Å². The molecule has 5 heteroatoms. The largest absolute Gasteiger partial charge is 0.481 e. The summed E-state index contributed by atoms with van der Waals surface area (Å²) in [5.41, 5.74) is -0.735. The highest BCUT2D eigenvalue weighted by Gasteiger charge is 2.30. The van der Waals surface area contributed by atoms with E-state index >= 15 is 0 Å². The first kappa shape index (κ1) is 12.7. The molecule has 0 fully saturated rings. The Morgan fingerprint density at radius 3 is 2.67 bits per heavy atom. The maximum Gasteiger partial charge on any atom is 0.310 e. The van der Waals surface area contributed by atoms with Crippen LogP contribution in [0.1, 0.15) is 37.8 Å². The van der Waals surface area contributed by atoms with Gasteiger partial charge in [0.25, 0.3) is 0 Å². The van der Waals surface area contributed by atoms with E-state index in [4.69, 9.17) is 14.6 Å².